The smallest absolute Gasteiger partial charge is 0.00782 e. The van der Waals surface area contributed by atoms with Crippen molar-refractivity contribution < 1.29 is 0 Å². The van der Waals surface area contributed by atoms with Crippen molar-refractivity contribution in [2.45, 2.75) is 64.2 Å². The number of nitrogens with two attached hydrogens (primary N) is 1. The summed E-state index contributed by atoms with van der Waals surface area (Å²) in [7, 11) is 0. The molecule has 0 bridgehead atoms. The molecule has 0 aromatic heterocycles. The maximum Gasteiger partial charge on any atom is 0.00782 e. The van der Waals surface area contributed by atoms with Crippen molar-refractivity contribution in [1.82, 2.24) is 0 Å². The van der Waals surface area contributed by atoms with Crippen LogP contribution in [0.1, 0.15) is 63.1 Å². The van der Waals surface area contributed by atoms with Crippen LogP contribution in [0.3, 0.4) is 0 Å². The van der Waals surface area contributed by atoms with Crippen molar-refractivity contribution in [3.05, 3.63) is 34.9 Å². The summed E-state index contributed by atoms with van der Waals surface area (Å²) in [6.45, 7) is 9.88. The summed E-state index contributed by atoms with van der Waals surface area (Å²) >= 11 is 0. The second-order valence-electron chi connectivity index (χ2n) is 6.97. The molecule has 100 valence electrons. The normalized spacial score (nSPS) is 19.2. The van der Waals surface area contributed by atoms with E-state index in [4.69, 9.17) is 5.73 Å². The molecule has 0 spiro atoms. The fraction of sp³-hybridized carbons (Fsp3) is 0.647. The van der Waals surface area contributed by atoms with E-state index in [1.807, 2.05) is 0 Å². The summed E-state index contributed by atoms with van der Waals surface area (Å²) in [5.74, 6) is 0. The summed E-state index contributed by atoms with van der Waals surface area (Å²) in [5, 5.41) is 0. The van der Waals surface area contributed by atoms with Crippen molar-refractivity contribution in [3.8, 4) is 0 Å². The van der Waals surface area contributed by atoms with E-state index in [0.717, 1.165) is 6.54 Å². The molecule has 0 unspecified atom stereocenters. The molecule has 1 fully saturated rings. The highest BCUT2D eigenvalue weighted by Gasteiger charge is 2.35. The molecule has 0 heterocycles. The van der Waals surface area contributed by atoms with Crippen LogP contribution in [0.2, 0.25) is 0 Å². The molecular formula is C17H27N. The van der Waals surface area contributed by atoms with Crippen LogP contribution in [-0.2, 0) is 10.8 Å². The molecule has 0 radical (unpaired) electrons. The summed E-state index contributed by atoms with van der Waals surface area (Å²) < 4.78 is 0. The third-order valence-electron chi connectivity index (χ3n) is 4.63. The average molecular weight is 245 g/mol. The lowest BCUT2D eigenvalue weighted by atomic mass is 9.74. The van der Waals surface area contributed by atoms with E-state index >= 15 is 0 Å². The van der Waals surface area contributed by atoms with E-state index in [1.165, 1.54) is 42.4 Å². The van der Waals surface area contributed by atoms with Gasteiger partial charge in [-0.25, -0.2) is 0 Å². The fourth-order valence-electron chi connectivity index (χ4n) is 3.30. The molecular weight excluding hydrogens is 218 g/mol. The predicted molar refractivity (Wildman–Crippen MR) is 79.1 cm³/mol. The predicted octanol–water partition coefficient (Wildman–Crippen LogP) is 4.06. The molecule has 0 aliphatic heterocycles. The topological polar surface area (TPSA) is 26.0 Å². The van der Waals surface area contributed by atoms with Gasteiger partial charge >= 0.3 is 0 Å². The lowest BCUT2D eigenvalue weighted by Gasteiger charge is -2.32. The monoisotopic (exact) mass is 245 g/mol. The maximum atomic E-state index is 6.13. The number of hydrogen-bond acceptors (Lipinski definition) is 1. The van der Waals surface area contributed by atoms with Crippen LogP contribution in [0.5, 0.6) is 0 Å². The van der Waals surface area contributed by atoms with Crippen LogP contribution >= 0.6 is 0 Å². The van der Waals surface area contributed by atoms with Gasteiger partial charge in [-0.3, -0.25) is 0 Å². The van der Waals surface area contributed by atoms with Crippen molar-refractivity contribution in [2.24, 2.45) is 5.73 Å². The summed E-state index contributed by atoms with van der Waals surface area (Å²) in [4.78, 5) is 0. The third kappa shape index (κ3) is 2.33. The molecule has 0 amide bonds. The summed E-state index contributed by atoms with van der Waals surface area (Å²) in [5.41, 5.74) is 11.0. The van der Waals surface area contributed by atoms with Gasteiger partial charge in [0.15, 0.2) is 0 Å². The largest absolute Gasteiger partial charge is 0.330 e. The fourth-order valence-corrected chi connectivity index (χ4v) is 3.30. The van der Waals surface area contributed by atoms with Crippen molar-refractivity contribution in [1.29, 1.82) is 0 Å². The minimum atomic E-state index is 0.219. The van der Waals surface area contributed by atoms with E-state index in [0.29, 0.717) is 0 Å². The van der Waals surface area contributed by atoms with Gasteiger partial charge in [0.2, 0.25) is 0 Å². The number of aryl methyl sites for hydroxylation is 1. The van der Waals surface area contributed by atoms with E-state index in [9.17, 15) is 0 Å². The molecule has 1 aromatic rings. The molecule has 1 saturated carbocycles. The Morgan fingerprint density at radius 1 is 1.17 bits per heavy atom. The van der Waals surface area contributed by atoms with Gasteiger partial charge in [-0.1, -0.05) is 51.8 Å². The second kappa shape index (κ2) is 4.70. The van der Waals surface area contributed by atoms with E-state index in [1.54, 1.807) is 0 Å². The number of benzene rings is 1. The molecule has 0 saturated heterocycles. The van der Waals surface area contributed by atoms with Gasteiger partial charge in [0, 0.05) is 12.0 Å². The highest BCUT2D eigenvalue weighted by Crippen LogP contribution is 2.42. The van der Waals surface area contributed by atoms with Gasteiger partial charge in [0.1, 0.15) is 0 Å². The Hall–Kier alpha value is -0.820. The Labute approximate surface area is 112 Å². The van der Waals surface area contributed by atoms with E-state index in [2.05, 4.69) is 45.9 Å². The van der Waals surface area contributed by atoms with Crippen LogP contribution in [0, 0.1) is 6.92 Å². The van der Waals surface area contributed by atoms with Crippen LogP contribution in [0.15, 0.2) is 18.2 Å². The first kappa shape index (κ1) is 13.6. The Kier molecular flexibility index (Phi) is 3.55. The number of rotatable bonds is 2. The minimum Gasteiger partial charge on any atom is -0.330 e. The molecule has 1 nitrogen and oxygen atoms in total. The van der Waals surface area contributed by atoms with E-state index in [-0.39, 0.29) is 10.8 Å². The molecule has 1 aromatic carbocycles. The molecule has 18 heavy (non-hydrogen) atoms. The van der Waals surface area contributed by atoms with E-state index < -0.39 is 0 Å². The lowest BCUT2D eigenvalue weighted by Crippen LogP contribution is -2.33. The van der Waals surface area contributed by atoms with Crippen molar-refractivity contribution in [2.75, 3.05) is 6.54 Å². The Bertz CT molecular complexity index is 420. The van der Waals surface area contributed by atoms with Crippen LogP contribution in [-0.4, -0.2) is 6.54 Å². The van der Waals surface area contributed by atoms with Crippen molar-refractivity contribution in [3.63, 3.8) is 0 Å². The van der Waals surface area contributed by atoms with Crippen molar-refractivity contribution >= 4 is 0 Å². The van der Waals surface area contributed by atoms with Gasteiger partial charge in [-0.05, 0) is 41.9 Å². The molecule has 2 N–H and O–H groups in total. The van der Waals surface area contributed by atoms with Gasteiger partial charge in [0.05, 0.1) is 0 Å². The Morgan fingerprint density at radius 2 is 1.78 bits per heavy atom. The highest BCUT2D eigenvalue weighted by molar-refractivity contribution is 5.40. The zero-order chi connectivity index (χ0) is 13.4. The Balaban J connectivity index is 2.49. The van der Waals surface area contributed by atoms with Gasteiger partial charge in [-0.15, -0.1) is 0 Å². The zero-order valence-corrected chi connectivity index (χ0v) is 12.3. The van der Waals surface area contributed by atoms with Crippen LogP contribution in [0.4, 0.5) is 0 Å². The number of hydrogen-bond donors (Lipinski definition) is 1. The quantitative estimate of drug-likeness (QED) is 0.835. The lowest BCUT2D eigenvalue weighted by molar-refractivity contribution is 0.448. The first-order chi connectivity index (χ1) is 8.39. The molecule has 1 aliphatic carbocycles. The third-order valence-corrected chi connectivity index (χ3v) is 4.63. The molecule has 1 aliphatic rings. The average Bonchev–Trinajstić information content (AvgIpc) is 2.77. The van der Waals surface area contributed by atoms with Crippen LogP contribution < -0.4 is 5.73 Å². The van der Waals surface area contributed by atoms with Gasteiger partial charge < -0.3 is 5.73 Å². The van der Waals surface area contributed by atoms with Gasteiger partial charge in [0.25, 0.3) is 0 Å². The van der Waals surface area contributed by atoms with Crippen LogP contribution in [0.25, 0.3) is 0 Å². The summed E-state index contributed by atoms with van der Waals surface area (Å²) in [6, 6.07) is 6.98. The van der Waals surface area contributed by atoms with Gasteiger partial charge in [-0.2, -0.15) is 0 Å². The Morgan fingerprint density at radius 3 is 2.28 bits per heavy atom. The maximum absolute atomic E-state index is 6.13. The molecule has 2 rings (SSSR count). The molecule has 1 heteroatoms. The first-order valence-electron chi connectivity index (χ1n) is 7.21. The first-order valence-corrected chi connectivity index (χ1v) is 7.21. The summed E-state index contributed by atoms with van der Waals surface area (Å²) in [6.07, 6.45) is 5.18. The second-order valence-corrected chi connectivity index (χ2v) is 6.97. The SMILES string of the molecule is Cc1ccc(C(C)(C)C)cc1C1(CN)CCCC1. The highest BCUT2D eigenvalue weighted by atomic mass is 14.6. The standard InChI is InChI=1S/C17H27N/c1-13-7-8-14(16(2,3)4)11-15(13)17(12-18)9-5-6-10-17/h7-8,11H,5-6,9-10,12,18H2,1-4H3. The molecule has 0 atom stereocenters. The zero-order valence-electron chi connectivity index (χ0n) is 12.3. The minimum absolute atomic E-state index is 0.219.